The first-order valence-corrected chi connectivity index (χ1v) is 9.72. The molecule has 0 saturated heterocycles. The van der Waals surface area contributed by atoms with E-state index in [4.69, 9.17) is 0 Å². The SMILES string of the molecule is Cn1ncc2c(-c3ccc(-n4c(=O)n(CC(=O)O)c5cccc(C#N)c54)cc3)cncc21. The molecule has 0 aliphatic carbocycles. The second kappa shape index (κ2) is 7.21. The lowest BCUT2D eigenvalue weighted by Gasteiger charge is -2.07. The Bertz CT molecular complexity index is 1620. The van der Waals surface area contributed by atoms with Crippen molar-refractivity contribution >= 4 is 27.9 Å². The molecule has 0 unspecified atom stereocenters. The van der Waals surface area contributed by atoms with Crippen molar-refractivity contribution < 1.29 is 9.90 Å². The summed E-state index contributed by atoms with van der Waals surface area (Å²) in [4.78, 5) is 28.8. The fourth-order valence-electron chi connectivity index (χ4n) is 4.00. The molecule has 0 spiro atoms. The number of carboxylic acids is 1. The number of hydrogen-bond donors (Lipinski definition) is 1. The molecule has 0 aliphatic heterocycles. The molecule has 3 heterocycles. The van der Waals surface area contributed by atoms with Gasteiger partial charge in [-0.25, -0.2) is 4.79 Å². The van der Waals surface area contributed by atoms with Crippen LogP contribution in [0.15, 0.2) is 65.8 Å². The van der Waals surface area contributed by atoms with Gasteiger partial charge in [0.15, 0.2) is 0 Å². The number of aliphatic carboxylic acids is 1. The van der Waals surface area contributed by atoms with Gasteiger partial charge in [0.05, 0.1) is 40.2 Å². The van der Waals surface area contributed by atoms with Crippen LogP contribution in [0, 0.1) is 11.3 Å². The number of carboxylic acid groups (broad SMARTS) is 1. The lowest BCUT2D eigenvalue weighted by atomic mass is 10.0. The minimum absolute atomic E-state index is 0.289. The largest absolute Gasteiger partial charge is 0.480 e. The van der Waals surface area contributed by atoms with Gasteiger partial charge in [0.1, 0.15) is 12.6 Å². The number of para-hydroxylation sites is 1. The molecule has 0 radical (unpaired) electrons. The number of carbonyl (C=O) groups is 1. The highest BCUT2D eigenvalue weighted by Gasteiger charge is 2.19. The maximum Gasteiger partial charge on any atom is 0.334 e. The van der Waals surface area contributed by atoms with Crippen LogP contribution in [0.4, 0.5) is 0 Å². The summed E-state index contributed by atoms with van der Waals surface area (Å²) in [5.74, 6) is -1.14. The van der Waals surface area contributed by atoms with E-state index < -0.39 is 18.2 Å². The van der Waals surface area contributed by atoms with E-state index in [9.17, 15) is 20.0 Å². The first-order valence-electron chi connectivity index (χ1n) is 9.72. The second-order valence-electron chi connectivity index (χ2n) is 7.32. The Morgan fingerprint density at radius 2 is 1.88 bits per heavy atom. The number of rotatable bonds is 4. The number of hydrogen-bond acceptors (Lipinski definition) is 5. The van der Waals surface area contributed by atoms with Gasteiger partial charge in [-0.05, 0) is 29.8 Å². The fourth-order valence-corrected chi connectivity index (χ4v) is 4.00. The predicted molar refractivity (Wildman–Crippen MR) is 117 cm³/mol. The van der Waals surface area contributed by atoms with Crippen molar-refractivity contribution in [1.29, 1.82) is 5.26 Å². The third-order valence-electron chi connectivity index (χ3n) is 5.48. The van der Waals surface area contributed by atoms with Crippen LogP contribution in [0.5, 0.6) is 0 Å². The molecular formula is C23H16N6O3. The zero-order chi connectivity index (χ0) is 22.4. The van der Waals surface area contributed by atoms with Gasteiger partial charge in [0, 0.05) is 24.2 Å². The third kappa shape index (κ3) is 2.86. The monoisotopic (exact) mass is 424 g/mol. The molecular weight excluding hydrogens is 408 g/mol. The summed E-state index contributed by atoms with van der Waals surface area (Å²) in [6, 6.07) is 14.2. The molecule has 1 N–H and O–H groups in total. The number of nitriles is 1. The normalized spacial score (nSPS) is 11.1. The summed E-state index contributed by atoms with van der Waals surface area (Å²) in [5.41, 5.74) is 3.77. The van der Waals surface area contributed by atoms with Gasteiger partial charge < -0.3 is 5.11 Å². The Morgan fingerprint density at radius 3 is 2.59 bits per heavy atom. The fraction of sp³-hybridized carbons (Fsp3) is 0.0870. The minimum atomic E-state index is -1.14. The number of pyridine rings is 1. The number of nitrogens with zero attached hydrogens (tertiary/aromatic N) is 6. The molecule has 0 saturated carbocycles. The smallest absolute Gasteiger partial charge is 0.334 e. The van der Waals surface area contributed by atoms with Gasteiger partial charge in [-0.1, -0.05) is 18.2 Å². The van der Waals surface area contributed by atoms with E-state index in [-0.39, 0.29) is 5.56 Å². The minimum Gasteiger partial charge on any atom is -0.480 e. The zero-order valence-electron chi connectivity index (χ0n) is 16.9. The summed E-state index contributed by atoms with van der Waals surface area (Å²) in [5, 5.41) is 24.1. The van der Waals surface area contributed by atoms with Crippen LogP contribution in [-0.4, -0.2) is 35.0 Å². The van der Waals surface area contributed by atoms with Crippen molar-refractivity contribution in [3.05, 3.63) is 77.1 Å². The van der Waals surface area contributed by atoms with Crippen LogP contribution >= 0.6 is 0 Å². The molecule has 2 aromatic carbocycles. The summed E-state index contributed by atoms with van der Waals surface area (Å²) < 4.78 is 4.29. The summed E-state index contributed by atoms with van der Waals surface area (Å²) in [6.07, 6.45) is 5.29. The second-order valence-corrected chi connectivity index (χ2v) is 7.32. The average Bonchev–Trinajstić information content (AvgIpc) is 3.31. The Hall–Kier alpha value is -4.71. The number of aromatic nitrogens is 5. The third-order valence-corrected chi connectivity index (χ3v) is 5.48. The van der Waals surface area contributed by atoms with Gasteiger partial charge in [-0.15, -0.1) is 0 Å². The molecule has 32 heavy (non-hydrogen) atoms. The first-order chi connectivity index (χ1) is 15.5. The van der Waals surface area contributed by atoms with E-state index in [1.807, 2.05) is 19.2 Å². The summed E-state index contributed by atoms with van der Waals surface area (Å²) in [7, 11) is 1.85. The Morgan fingerprint density at radius 1 is 1.09 bits per heavy atom. The highest BCUT2D eigenvalue weighted by atomic mass is 16.4. The van der Waals surface area contributed by atoms with E-state index >= 15 is 0 Å². The molecule has 0 fully saturated rings. The molecule has 156 valence electrons. The maximum absolute atomic E-state index is 13.2. The number of benzene rings is 2. The van der Waals surface area contributed by atoms with Crippen molar-refractivity contribution in [2.24, 2.45) is 7.05 Å². The molecule has 5 aromatic rings. The standard InChI is InChI=1S/C23H16N6O3/c1-27-20-12-25-10-17(18(20)11-26-27)14-5-7-16(8-6-14)29-22-15(9-24)3-2-4-19(22)28(23(29)32)13-21(30)31/h2-8,10-12H,13H2,1H3,(H,30,31). The maximum atomic E-state index is 13.2. The van der Waals surface area contributed by atoms with Crippen molar-refractivity contribution in [2.45, 2.75) is 6.54 Å². The van der Waals surface area contributed by atoms with Crippen LogP contribution in [-0.2, 0) is 18.4 Å². The van der Waals surface area contributed by atoms with Crippen LogP contribution in [0.3, 0.4) is 0 Å². The van der Waals surface area contributed by atoms with E-state index in [1.54, 1.807) is 53.6 Å². The van der Waals surface area contributed by atoms with Crippen LogP contribution in [0.1, 0.15) is 5.56 Å². The van der Waals surface area contributed by atoms with Crippen molar-refractivity contribution in [3.8, 4) is 22.9 Å². The van der Waals surface area contributed by atoms with Gasteiger partial charge in [0.2, 0.25) is 0 Å². The topological polar surface area (TPSA) is 119 Å². The predicted octanol–water partition coefficient (Wildman–Crippen LogP) is 2.70. The van der Waals surface area contributed by atoms with Crippen LogP contribution < -0.4 is 5.69 Å². The highest BCUT2D eigenvalue weighted by Crippen LogP contribution is 2.29. The molecule has 9 nitrogen and oxygen atoms in total. The number of aryl methyl sites for hydroxylation is 1. The van der Waals surface area contributed by atoms with Gasteiger partial charge >= 0.3 is 11.7 Å². The van der Waals surface area contributed by atoms with Crippen molar-refractivity contribution in [3.63, 3.8) is 0 Å². The molecule has 0 bridgehead atoms. The number of imidazole rings is 1. The van der Waals surface area contributed by atoms with E-state index in [1.165, 1.54) is 4.57 Å². The van der Waals surface area contributed by atoms with Gasteiger partial charge in [-0.2, -0.15) is 10.4 Å². The van der Waals surface area contributed by atoms with E-state index in [2.05, 4.69) is 16.2 Å². The molecule has 9 heteroatoms. The molecule has 0 amide bonds. The molecule has 0 atom stereocenters. The Balaban J connectivity index is 1.70. The average molecular weight is 424 g/mol. The highest BCUT2D eigenvalue weighted by molar-refractivity contribution is 5.94. The van der Waals surface area contributed by atoms with E-state index in [0.717, 1.165) is 26.6 Å². The zero-order valence-corrected chi connectivity index (χ0v) is 16.9. The van der Waals surface area contributed by atoms with Gasteiger partial charge in [-0.3, -0.25) is 23.6 Å². The first kappa shape index (κ1) is 19.3. The summed E-state index contributed by atoms with van der Waals surface area (Å²) in [6.45, 7) is -0.496. The lowest BCUT2D eigenvalue weighted by Crippen LogP contribution is -2.26. The van der Waals surface area contributed by atoms with E-state index in [0.29, 0.717) is 16.7 Å². The Kier molecular flexibility index (Phi) is 4.34. The lowest BCUT2D eigenvalue weighted by molar-refractivity contribution is -0.137. The summed E-state index contributed by atoms with van der Waals surface area (Å²) >= 11 is 0. The Labute approximate surface area is 181 Å². The van der Waals surface area contributed by atoms with Crippen LogP contribution in [0.25, 0.3) is 38.8 Å². The van der Waals surface area contributed by atoms with Crippen molar-refractivity contribution in [1.82, 2.24) is 23.9 Å². The van der Waals surface area contributed by atoms with Crippen molar-refractivity contribution in [2.75, 3.05) is 0 Å². The van der Waals surface area contributed by atoms with Crippen LogP contribution in [0.2, 0.25) is 0 Å². The molecule has 0 aliphatic rings. The molecule has 3 aromatic heterocycles. The van der Waals surface area contributed by atoms with Gasteiger partial charge in [0.25, 0.3) is 0 Å². The number of fused-ring (bicyclic) bond motifs is 2. The quantitative estimate of drug-likeness (QED) is 0.474. The molecule has 5 rings (SSSR count).